The first-order chi connectivity index (χ1) is 12.5. The number of benzene rings is 3. The third kappa shape index (κ3) is 3.99. The smallest absolute Gasteiger partial charge is 0.261 e. The van der Waals surface area contributed by atoms with Gasteiger partial charge < -0.3 is 5.32 Å². The summed E-state index contributed by atoms with van der Waals surface area (Å²) in [7, 11) is -3.79. The molecule has 0 radical (unpaired) electrons. The van der Waals surface area contributed by atoms with Gasteiger partial charge in [-0.1, -0.05) is 12.1 Å². The summed E-state index contributed by atoms with van der Waals surface area (Å²) in [4.78, 5) is -0.0240. The lowest BCUT2D eigenvalue weighted by Crippen LogP contribution is -2.12. The topological polar surface area (TPSA) is 82.0 Å². The van der Waals surface area contributed by atoms with E-state index in [-0.39, 0.29) is 4.90 Å². The zero-order valence-electron chi connectivity index (χ0n) is 13.5. The molecule has 0 saturated carbocycles. The van der Waals surface area contributed by atoms with Gasteiger partial charge in [-0.2, -0.15) is 5.26 Å². The highest BCUT2D eigenvalue weighted by molar-refractivity contribution is 7.92. The van der Waals surface area contributed by atoms with Gasteiger partial charge in [0.15, 0.2) is 0 Å². The molecular formula is C19H14FN3O2S. The Kier molecular flexibility index (Phi) is 4.87. The van der Waals surface area contributed by atoms with E-state index in [0.717, 1.165) is 12.1 Å². The summed E-state index contributed by atoms with van der Waals surface area (Å²) in [5, 5.41) is 12.2. The molecule has 0 aliphatic heterocycles. The fourth-order valence-corrected chi connectivity index (χ4v) is 3.35. The maximum absolute atomic E-state index is 12.9. The van der Waals surface area contributed by atoms with Gasteiger partial charge >= 0.3 is 0 Å². The summed E-state index contributed by atoms with van der Waals surface area (Å²) in [5.74, 6) is -0.503. The van der Waals surface area contributed by atoms with E-state index in [1.165, 1.54) is 12.1 Å². The molecule has 7 heteroatoms. The number of anilines is 3. The zero-order valence-corrected chi connectivity index (χ0v) is 14.3. The van der Waals surface area contributed by atoms with Gasteiger partial charge in [-0.3, -0.25) is 4.72 Å². The van der Waals surface area contributed by atoms with Crippen molar-refractivity contribution in [3.8, 4) is 6.07 Å². The molecule has 0 saturated heterocycles. The Hall–Kier alpha value is -3.37. The molecule has 0 unspecified atom stereocenters. The normalized spacial score (nSPS) is 10.8. The van der Waals surface area contributed by atoms with Crippen molar-refractivity contribution in [2.45, 2.75) is 4.90 Å². The van der Waals surface area contributed by atoms with Crippen molar-refractivity contribution in [3.05, 3.63) is 84.2 Å². The Morgan fingerprint density at radius 1 is 0.846 bits per heavy atom. The van der Waals surface area contributed by atoms with Crippen molar-refractivity contribution in [1.29, 1.82) is 5.26 Å². The lowest BCUT2D eigenvalue weighted by molar-refractivity contribution is 0.599. The van der Waals surface area contributed by atoms with E-state index < -0.39 is 15.8 Å². The highest BCUT2D eigenvalue weighted by Crippen LogP contribution is 2.23. The number of nitrogens with one attached hydrogen (secondary N) is 2. The average Bonchev–Trinajstić information content (AvgIpc) is 2.64. The second-order valence-electron chi connectivity index (χ2n) is 5.42. The van der Waals surface area contributed by atoms with E-state index >= 15 is 0 Å². The molecule has 0 aromatic heterocycles. The van der Waals surface area contributed by atoms with Crippen LogP contribution >= 0.6 is 0 Å². The maximum Gasteiger partial charge on any atom is 0.261 e. The van der Waals surface area contributed by atoms with Crippen molar-refractivity contribution in [1.82, 2.24) is 0 Å². The monoisotopic (exact) mass is 367 g/mol. The highest BCUT2D eigenvalue weighted by Gasteiger charge is 2.14. The molecule has 0 bridgehead atoms. The summed E-state index contributed by atoms with van der Waals surface area (Å²) < 4.78 is 39.9. The molecule has 3 rings (SSSR count). The number of halogens is 1. The Morgan fingerprint density at radius 3 is 2.12 bits per heavy atom. The third-order valence-corrected chi connectivity index (χ3v) is 4.98. The molecule has 2 N–H and O–H groups in total. The van der Waals surface area contributed by atoms with Crippen LogP contribution in [0.2, 0.25) is 0 Å². The minimum Gasteiger partial charge on any atom is -0.354 e. The zero-order chi connectivity index (χ0) is 18.6. The molecule has 5 nitrogen and oxygen atoms in total. The molecule has 0 amide bonds. The Labute approximate surface area is 150 Å². The molecule has 0 fully saturated rings. The second kappa shape index (κ2) is 7.25. The summed E-state index contributed by atoms with van der Waals surface area (Å²) in [6, 6.07) is 20.3. The molecule has 3 aromatic rings. The Bertz CT molecular complexity index is 1060. The predicted molar refractivity (Wildman–Crippen MR) is 98.1 cm³/mol. The van der Waals surface area contributed by atoms with Crippen LogP contribution < -0.4 is 10.0 Å². The number of sulfonamides is 1. The molecule has 0 spiro atoms. The minimum absolute atomic E-state index is 0.0240. The van der Waals surface area contributed by atoms with Crippen LogP contribution in [0.5, 0.6) is 0 Å². The van der Waals surface area contributed by atoms with Gasteiger partial charge in [0.2, 0.25) is 0 Å². The molecule has 130 valence electrons. The molecule has 0 aliphatic carbocycles. The number of para-hydroxylation sites is 1. The summed E-state index contributed by atoms with van der Waals surface area (Å²) in [6.07, 6.45) is 0. The lowest BCUT2D eigenvalue weighted by atomic mass is 10.2. The number of nitriles is 1. The number of nitrogens with zero attached hydrogens (tertiary/aromatic N) is 1. The summed E-state index contributed by atoms with van der Waals surface area (Å²) in [6.45, 7) is 0. The van der Waals surface area contributed by atoms with E-state index in [0.29, 0.717) is 22.6 Å². The summed E-state index contributed by atoms with van der Waals surface area (Å²) in [5.41, 5.74) is 2.24. The quantitative estimate of drug-likeness (QED) is 0.707. The van der Waals surface area contributed by atoms with Crippen LogP contribution in [-0.4, -0.2) is 8.42 Å². The van der Waals surface area contributed by atoms with Crippen LogP contribution in [-0.2, 0) is 10.0 Å². The van der Waals surface area contributed by atoms with Crippen molar-refractivity contribution in [3.63, 3.8) is 0 Å². The Morgan fingerprint density at radius 2 is 1.46 bits per heavy atom. The van der Waals surface area contributed by atoms with E-state index in [1.807, 2.05) is 6.07 Å². The molecule has 0 heterocycles. The fourth-order valence-electron chi connectivity index (χ4n) is 2.29. The number of hydrogen-bond acceptors (Lipinski definition) is 4. The van der Waals surface area contributed by atoms with Crippen LogP contribution in [0.15, 0.2) is 77.7 Å². The fraction of sp³-hybridized carbons (Fsp3) is 0. The second-order valence-corrected chi connectivity index (χ2v) is 7.10. The third-order valence-electron chi connectivity index (χ3n) is 3.59. The van der Waals surface area contributed by atoms with Crippen molar-refractivity contribution in [2.75, 3.05) is 10.0 Å². The molecule has 0 atom stereocenters. The van der Waals surface area contributed by atoms with Gasteiger partial charge in [-0.15, -0.1) is 0 Å². The lowest BCUT2D eigenvalue weighted by Gasteiger charge is -2.11. The van der Waals surface area contributed by atoms with Crippen LogP contribution in [0.1, 0.15) is 5.56 Å². The van der Waals surface area contributed by atoms with Crippen LogP contribution in [0.4, 0.5) is 21.5 Å². The van der Waals surface area contributed by atoms with E-state index in [9.17, 15) is 12.8 Å². The maximum atomic E-state index is 12.9. The van der Waals surface area contributed by atoms with E-state index in [2.05, 4.69) is 16.1 Å². The molecule has 0 aliphatic rings. The molecule has 3 aromatic carbocycles. The van der Waals surface area contributed by atoms with Gasteiger partial charge in [0.05, 0.1) is 16.1 Å². The van der Waals surface area contributed by atoms with Crippen LogP contribution in [0, 0.1) is 17.1 Å². The van der Waals surface area contributed by atoms with E-state index in [4.69, 9.17) is 5.26 Å². The van der Waals surface area contributed by atoms with Gasteiger partial charge in [0.25, 0.3) is 10.0 Å². The first kappa shape index (κ1) is 17.5. The number of rotatable bonds is 5. The van der Waals surface area contributed by atoms with Gasteiger partial charge in [-0.25, -0.2) is 12.8 Å². The first-order valence-corrected chi connectivity index (χ1v) is 9.11. The SMILES string of the molecule is N#Cc1ccccc1Nc1ccc(NS(=O)(=O)c2ccc(F)cc2)cc1. The standard InChI is InChI=1S/C19H14FN3O2S/c20-15-5-11-18(12-6-15)26(24,25)23-17-9-7-16(8-10-17)22-19-4-2-1-3-14(19)13-21/h1-12,22-23H. The van der Waals surface area contributed by atoms with Gasteiger partial charge in [0, 0.05) is 11.4 Å². The predicted octanol–water partition coefficient (Wildman–Crippen LogP) is 4.24. The summed E-state index contributed by atoms with van der Waals surface area (Å²) >= 11 is 0. The van der Waals surface area contributed by atoms with Gasteiger partial charge in [-0.05, 0) is 60.7 Å². The van der Waals surface area contributed by atoms with Crippen LogP contribution in [0.25, 0.3) is 0 Å². The molecular weight excluding hydrogens is 353 g/mol. The highest BCUT2D eigenvalue weighted by atomic mass is 32.2. The van der Waals surface area contributed by atoms with Crippen molar-refractivity contribution >= 4 is 27.1 Å². The number of hydrogen-bond donors (Lipinski definition) is 2. The minimum atomic E-state index is -3.79. The average molecular weight is 367 g/mol. The Balaban J connectivity index is 1.75. The largest absolute Gasteiger partial charge is 0.354 e. The van der Waals surface area contributed by atoms with Crippen molar-refractivity contribution < 1.29 is 12.8 Å². The van der Waals surface area contributed by atoms with E-state index in [1.54, 1.807) is 42.5 Å². The van der Waals surface area contributed by atoms with Crippen LogP contribution in [0.3, 0.4) is 0 Å². The van der Waals surface area contributed by atoms with Crippen molar-refractivity contribution in [2.24, 2.45) is 0 Å². The first-order valence-electron chi connectivity index (χ1n) is 7.62. The molecule has 26 heavy (non-hydrogen) atoms. The van der Waals surface area contributed by atoms with Gasteiger partial charge in [0.1, 0.15) is 11.9 Å².